The number of hydrogen-bond donors (Lipinski definition) is 3. The van der Waals surface area contributed by atoms with E-state index in [1.165, 1.54) is 0 Å². The second kappa shape index (κ2) is 6.56. The molecule has 9 nitrogen and oxygen atoms in total. The summed E-state index contributed by atoms with van der Waals surface area (Å²) in [6.07, 6.45) is -0.156. The van der Waals surface area contributed by atoms with Gasteiger partial charge in [0.1, 0.15) is 5.60 Å². The van der Waals surface area contributed by atoms with Gasteiger partial charge in [0, 0.05) is 50.7 Å². The van der Waals surface area contributed by atoms with Gasteiger partial charge in [-0.2, -0.15) is 0 Å². The van der Waals surface area contributed by atoms with Crippen molar-refractivity contribution in [1.29, 1.82) is 0 Å². The Kier molecular flexibility index (Phi) is 5.05. The molecule has 136 valence electrons. The third kappa shape index (κ3) is 4.35. The molecule has 3 saturated heterocycles. The Morgan fingerprint density at radius 2 is 1.54 bits per heavy atom. The fourth-order valence-corrected chi connectivity index (χ4v) is 3.02. The Hall–Kier alpha value is -1.87. The number of likely N-dealkylation sites (tertiary alicyclic amines) is 2. The molecule has 0 atom stereocenters. The topological polar surface area (TPSA) is 119 Å². The molecular weight excluding hydrogens is 318 g/mol. The monoisotopic (exact) mass is 343 g/mol. The van der Waals surface area contributed by atoms with Crippen LogP contribution in [-0.4, -0.2) is 89.0 Å². The fourth-order valence-electron chi connectivity index (χ4n) is 3.02. The summed E-state index contributed by atoms with van der Waals surface area (Å²) in [4.78, 5) is 34.4. The fraction of sp³-hybridized carbons (Fsp3) is 0.800. The quantitative estimate of drug-likeness (QED) is 0.554. The van der Waals surface area contributed by atoms with E-state index in [1.54, 1.807) is 0 Å². The number of nitrogens with zero attached hydrogens (tertiary/aromatic N) is 2. The number of hydrogen-bond acceptors (Lipinski definition) is 6. The van der Waals surface area contributed by atoms with Gasteiger partial charge in [-0.3, -0.25) is 4.90 Å². The lowest BCUT2D eigenvalue weighted by Crippen LogP contribution is -2.77. The van der Waals surface area contributed by atoms with Crippen LogP contribution < -0.4 is 5.32 Å². The second-order valence-corrected chi connectivity index (χ2v) is 7.66. The third-order valence-corrected chi connectivity index (χ3v) is 4.24. The van der Waals surface area contributed by atoms with Crippen molar-refractivity contribution in [3.8, 4) is 0 Å². The van der Waals surface area contributed by atoms with E-state index in [4.69, 9.17) is 24.5 Å². The number of carboxylic acid groups (broad SMARTS) is 2. The molecule has 3 aliphatic heterocycles. The van der Waals surface area contributed by atoms with E-state index in [9.17, 15) is 4.79 Å². The first-order valence-electron chi connectivity index (χ1n) is 7.90. The van der Waals surface area contributed by atoms with Crippen LogP contribution in [0.1, 0.15) is 20.8 Å². The number of rotatable bonds is 1. The van der Waals surface area contributed by atoms with Crippen molar-refractivity contribution >= 4 is 18.0 Å². The lowest BCUT2D eigenvalue weighted by Gasteiger charge is -2.62. The smallest absolute Gasteiger partial charge is 0.414 e. The summed E-state index contributed by atoms with van der Waals surface area (Å²) in [6.45, 7) is 12.0. The maximum Gasteiger partial charge on any atom is 0.414 e. The third-order valence-electron chi connectivity index (χ3n) is 4.24. The SMILES string of the molecule is CC(C)(C)OC(=O)N1CC2(C1)CN(C1CNC1)C2.O=C(O)C(=O)O. The number of ether oxygens (including phenoxy) is 1. The Morgan fingerprint density at radius 1 is 1.04 bits per heavy atom. The van der Waals surface area contributed by atoms with Gasteiger partial charge in [-0.1, -0.05) is 0 Å². The minimum absolute atomic E-state index is 0.156. The standard InChI is InChI=1S/C13H23N3O2.C2H2O4/c1-12(2,3)18-11(17)16-8-13(9-16)6-15(7-13)10-4-14-5-10;3-1(4)2(5)6/h10,14H,4-9H2,1-3H3;(H,3,4)(H,5,6). The van der Waals surface area contributed by atoms with E-state index in [1.807, 2.05) is 25.7 Å². The first kappa shape index (κ1) is 18.5. The molecule has 0 aromatic rings. The zero-order valence-corrected chi connectivity index (χ0v) is 14.2. The average molecular weight is 343 g/mol. The predicted octanol–water partition coefficient (Wildman–Crippen LogP) is -0.333. The molecule has 0 aromatic carbocycles. The van der Waals surface area contributed by atoms with Crippen LogP contribution in [-0.2, 0) is 14.3 Å². The highest BCUT2D eigenvalue weighted by molar-refractivity contribution is 6.27. The van der Waals surface area contributed by atoms with E-state index < -0.39 is 11.9 Å². The summed E-state index contributed by atoms with van der Waals surface area (Å²) in [5, 5.41) is 18.1. The lowest BCUT2D eigenvalue weighted by molar-refractivity contribution is -0.159. The number of aliphatic carboxylic acids is 2. The van der Waals surface area contributed by atoms with Crippen molar-refractivity contribution < 1.29 is 29.3 Å². The number of carbonyl (C=O) groups excluding carboxylic acids is 1. The first-order chi connectivity index (χ1) is 11.0. The molecule has 3 aliphatic rings. The van der Waals surface area contributed by atoms with Crippen LogP contribution in [0.15, 0.2) is 0 Å². The number of nitrogens with one attached hydrogen (secondary N) is 1. The van der Waals surface area contributed by atoms with Gasteiger partial charge in [-0.15, -0.1) is 0 Å². The van der Waals surface area contributed by atoms with E-state index in [0.717, 1.165) is 45.3 Å². The second-order valence-electron chi connectivity index (χ2n) is 7.66. The lowest BCUT2D eigenvalue weighted by atomic mass is 9.72. The van der Waals surface area contributed by atoms with Crippen LogP contribution in [0.4, 0.5) is 4.79 Å². The number of carboxylic acids is 2. The van der Waals surface area contributed by atoms with Gasteiger partial charge in [0.05, 0.1) is 0 Å². The van der Waals surface area contributed by atoms with Crippen molar-refractivity contribution in [3.63, 3.8) is 0 Å². The molecule has 0 saturated carbocycles. The highest BCUT2D eigenvalue weighted by atomic mass is 16.6. The van der Waals surface area contributed by atoms with Crippen molar-refractivity contribution in [2.45, 2.75) is 32.4 Å². The Labute approximate surface area is 140 Å². The van der Waals surface area contributed by atoms with Crippen molar-refractivity contribution in [1.82, 2.24) is 15.1 Å². The molecule has 3 rings (SSSR count). The largest absolute Gasteiger partial charge is 0.473 e. The van der Waals surface area contributed by atoms with E-state index in [-0.39, 0.29) is 11.7 Å². The van der Waals surface area contributed by atoms with Gasteiger partial charge < -0.3 is 25.2 Å². The first-order valence-corrected chi connectivity index (χ1v) is 7.90. The van der Waals surface area contributed by atoms with E-state index in [0.29, 0.717) is 5.41 Å². The summed E-state index contributed by atoms with van der Waals surface area (Å²) in [5.41, 5.74) is -0.00439. The van der Waals surface area contributed by atoms with Gasteiger partial charge in [0.25, 0.3) is 0 Å². The van der Waals surface area contributed by atoms with Gasteiger partial charge in [0.15, 0.2) is 0 Å². The van der Waals surface area contributed by atoms with Crippen LogP contribution in [0.5, 0.6) is 0 Å². The molecule has 9 heteroatoms. The highest BCUT2D eigenvalue weighted by Crippen LogP contribution is 2.41. The van der Waals surface area contributed by atoms with Gasteiger partial charge in [-0.25, -0.2) is 14.4 Å². The summed E-state index contributed by atoms with van der Waals surface area (Å²) >= 11 is 0. The summed E-state index contributed by atoms with van der Waals surface area (Å²) in [6, 6.07) is 0.742. The van der Waals surface area contributed by atoms with Crippen molar-refractivity contribution in [3.05, 3.63) is 0 Å². The van der Waals surface area contributed by atoms with Crippen LogP contribution in [0.25, 0.3) is 0 Å². The predicted molar refractivity (Wildman–Crippen MR) is 83.7 cm³/mol. The van der Waals surface area contributed by atoms with Crippen LogP contribution in [0.3, 0.4) is 0 Å². The minimum Gasteiger partial charge on any atom is -0.473 e. The summed E-state index contributed by atoms with van der Waals surface area (Å²) in [5.74, 6) is -3.65. The van der Waals surface area contributed by atoms with Crippen LogP contribution in [0.2, 0.25) is 0 Å². The van der Waals surface area contributed by atoms with Crippen LogP contribution in [0, 0.1) is 5.41 Å². The molecule has 0 aromatic heterocycles. The molecule has 1 spiro atoms. The minimum atomic E-state index is -1.82. The molecule has 3 fully saturated rings. The maximum absolute atomic E-state index is 11.8. The number of carbonyl (C=O) groups is 3. The Bertz CT molecular complexity index is 500. The molecule has 24 heavy (non-hydrogen) atoms. The Balaban J connectivity index is 0.000000301. The zero-order chi connectivity index (χ0) is 18.1. The summed E-state index contributed by atoms with van der Waals surface area (Å²) in [7, 11) is 0. The Morgan fingerprint density at radius 3 is 1.88 bits per heavy atom. The summed E-state index contributed by atoms with van der Waals surface area (Å²) < 4.78 is 5.37. The molecule has 0 aliphatic carbocycles. The van der Waals surface area contributed by atoms with Crippen molar-refractivity contribution in [2.75, 3.05) is 39.3 Å². The van der Waals surface area contributed by atoms with E-state index >= 15 is 0 Å². The normalized spacial score (nSPS) is 22.4. The van der Waals surface area contributed by atoms with Gasteiger partial charge in [0.2, 0.25) is 0 Å². The van der Waals surface area contributed by atoms with E-state index in [2.05, 4.69) is 10.2 Å². The zero-order valence-electron chi connectivity index (χ0n) is 14.2. The molecule has 1 amide bonds. The highest BCUT2D eigenvalue weighted by Gasteiger charge is 2.55. The maximum atomic E-state index is 11.8. The van der Waals surface area contributed by atoms with Crippen molar-refractivity contribution in [2.24, 2.45) is 5.41 Å². The molecule has 3 N–H and O–H groups in total. The average Bonchev–Trinajstić information content (AvgIpc) is 2.25. The molecule has 0 radical (unpaired) electrons. The molecule has 0 unspecified atom stereocenters. The number of amides is 1. The van der Waals surface area contributed by atoms with Gasteiger partial charge in [-0.05, 0) is 20.8 Å². The molecule has 3 heterocycles. The molecular formula is C15H25N3O6. The van der Waals surface area contributed by atoms with Crippen LogP contribution >= 0.6 is 0 Å². The molecule has 0 bridgehead atoms. The van der Waals surface area contributed by atoms with Gasteiger partial charge >= 0.3 is 18.0 Å².